The summed E-state index contributed by atoms with van der Waals surface area (Å²) >= 11 is 5.19. The molecule has 7 heteroatoms. The molecule has 1 aliphatic heterocycles. The van der Waals surface area contributed by atoms with Crippen molar-refractivity contribution in [3.05, 3.63) is 66.2 Å². The monoisotopic (exact) mass is 397 g/mol. The number of nitrogens with zero attached hydrogens (tertiary/aromatic N) is 2. The number of anilines is 1. The zero-order chi connectivity index (χ0) is 19.6. The van der Waals surface area contributed by atoms with Crippen LogP contribution in [0.25, 0.3) is 0 Å². The molecular formula is C21H27N5OS. The highest BCUT2D eigenvalue weighted by Gasteiger charge is 2.17. The van der Waals surface area contributed by atoms with Crippen LogP contribution in [0, 0.1) is 0 Å². The molecule has 1 heterocycles. The molecule has 0 radical (unpaired) electrons. The van der Waals surface area contributed by atoms with E-state index in [4.69, 9.17) is 12.2 Å². The maximum Gasteiger partial charge on any atom is 0.239 e. The van der Waals surface area contributed by atoms with Crippen LogP contribution in [0.5, 0.6) is 0 Å². The first-order valence-corrected chi connectivity index (χ1v) is 10.0. The first-order valence-electron chi connectivity index (χ1n) is 9.60. The van der Waals surface area contributed by atoms with E-state index in [-0.39, 0.29) is 5.91 Å². The van der Waals surface area contributed by atoms with Gasteiger partial charge in [-0.2, -0.15) is 0 Å². The minimum Gasteiger partial charge on any atom is -0.369 e. The molecule has 6 nitrogen and oxygen atoms in total. The van der Waals surface area contributed by atoms with Crippen molar-refractivity contribution in [2.24, 2.45) is 0 Å². The Hall–Kier alpha value is -2.64. The van der Waals surface area contributed by atoms with Crippen LogP contribution >= 0.6 is 12.2 Å². The Kier molecular flexibility index (Phi) is 7.63. The molecule has 2 aromatic rings. The van der Waals surface area contributed by atoms with Crippen LogP contribution in [0.3, 0.4) is 0 Å². The molecule has 1 fully saturated rings. The highest BCUT2D eigenvalue weighted by atomic mass is 32.1. The molecule has 0 atom stereocenters. The molecule has 0 aliphatic carbocycles. The van der Waals surface area contributed by atoms with E-state index in [0.717, 1.165) is 38.3 Å². The highest BCUT2D eigenvalue weighted by molar-refractivity contribution is 7.80. The molecule has 1 amide bonds. The number of benzene rings is 2. The van der Waals surface area contributed by atoms with Gasteiger partial charge in [0.25, 0.3) is 0 Å². The van der Waals surface area contributed by atoms with E-state index in [1.165, 1.54) is 5.69 Å². The third-order valence-electron chi connectivity index (χ3n) is 4.76. The summed E-state index contributed by atoms with van der Waals surface area (Å²) in [5.74, 6) is -0.0608. The van der Waals surface area contributed by atoms with Gasteiger partial charge in [0.05, 0.1) is 0 Å². The Morgan fingerprint density at radius 2 is 1.54 bits per heavy atom. The number of hydrogen-bond acceptors (Lipinski definition) is 4. The molecule has 148 valence electrons. The zero-order valence-corrected chi connectivity index (χ0v) is 16.8. The molecular weight excluding hydrogens is 370 g/mol. The standard InChI is InChI=1S/C21H27N5OS/c27-20(23-24-21(28)22-17-18-7-3-1-4-8-18)11-12-25-13-15-26(16-14-25)19-9-5-2-6-10-19/h1-10H,11-17H2,(H,23,27)(H2,22,24,28). The highest BCUT2D eigenvalue weighted by Crippen LogP contribution is 2.15. The van der Waals surface area contributed by atoms with Gasteiger partial charge in [-0.05, 0) is 29.9 Å². The maximum absolute atomic E-state index is 12.1. The van der Waals surface area contributed by atoms with E-state index < -0.39 is 0 Å². The van der Waals surface area contributed by atoms with Crippen LogP contribution < -0.4 is 21.1 Å². The first kappa shape index (κ1) is 20.1. The number of hydrazine groups is 1. The van der Waals surface area contributed by atoms with Crippen molar-refractivity contribution < 1.29 is 4.79 Å². The van der Waals surface area contributed by atoms with Crippen molar-refractivity contribution in [3.63, 3.8) is 0 Å². The SMILES string of the molecule is O=C(CCN1CCN(c2ccccc2)CC1)NNC(=S)NCc1ccccc1. The van der Waals surface area contributed by atoms with Crippen LogP contribution in [0.1, 0.15) is 12.0 Å². The second kappa shape index (κ2) is 10.6. The van der Waals surface area contributed by atoms with Gasteiger partial charge < -0.3 is 10.2 Å². The number of piperazine rings is 1. The molecule has 0 bridgehead atoms. The van der Waals surface area contributed by atoms with Gasteiger partial charge in [-0.15, -0.1) is 0 Å². The van der Waals surface area contributed by atoms with Gasteiger partial charge in [0.1, 0.15) is 0 Å². The van der Waals surface area contributed by atoms with Crippen LogP contribution in [0.15, 0.2) is 60.7 Å². The van der Waals surface area contributed by atoms with Crippen LogP contribution in [0.4, 0.5) is 5.69 Å². The minimum atomic E-state index is -0.0608. The predicted octanol–water partition coefficient (Wildman–Crippen LogP) is 1.89. The van der Waals surface area contributed by atoms with E-state index in [1.807, 2.05) is 36.4 Å². The lowest BCUT2D eigenvalue weighted by atomic mass is 10.2. The van der Waals surface area contributed by atoms with Crippen molar-refractivity contribution in [2.75, 3.05) is 37.6 Å². The van der Waals surface area contributed by atoms with E-state index >= 15 is 0 Å². The van der Waals surface area contributed by atoms with Crippen molar-refractivity contribution in [1.29, 1.82) is 0 Å². The fourth-order valence-electron chi connectivity index (χ4n) is 3.14. The number of thiocarbonyl (C=S) groups is 1. The summed E-state index contributed by atoms with van der Waals surface area (Å²) in [5, 5.41) is 3.48. The summed E-state index contributed by atoms with van der Waals surface area (Å²) in [6, 6.07) is 20.4. The number of rotatable bonds is 6. The average Bonchev–Trinajstić information content (AvgIpc) is 2.76. The van der Waals surface area contributed by atoms with Crippen molar-refractivity contribution in [1.82, 2.24) is 21.1 Å². The molecule has 0 aromatic heterocycles. The van der Waals surface area contributed by atoms with E-state index in [0.29, 0.717) is 18.1 Å². The number of hydrogen-bond donors (Lipinski definition) is 3. The van der Waals surface area contributed by atoms with Crippen molar-refractivity contribution >= 4 is 28.9 Å². The summed E-state index contributed by atoms with van der Waals surface area (Å²) in [7, 11) is 0. The molecule has 0 spiro atoms. The van der Waals surface area contributed by atoms with Gasteiger partial charge in [0.2, 0.25) is 5.91 Å². The first-order chi connectivity index (χ1) is 13.7. The van der Waals surface area contributed by atoms with E-state index in [9.17, 15) is 4.79 Å². The number of amides is 1. The topological polar surface area (TPSA) is 59.6 Å². The number of carbonyl (C=O) groups excluding carboxylic acids is 1. The lowest BCUT2D eigenvalue weighted by Crippen LogP contribution is -2.49. The molecule has 1 saturated heterocycles. The number of nitrogens with one attached hydrogen (secondary N) is 3. The summed E-state index contributed by atoms with van der Waals surface area (Å²) in [4.78, 5) is 16.8. The average molecular weight is 398 g/mol. The molecule has 2 aromatic carbocycles. The Labute approximate surface area is 171 Å². The van der Waals surface area contributed by atoms with Crippen LogP contribution in [-0.4, -0.2) is 48.6 Å². The van der Waals surface area contributed by atoms with Gasteiger partial charge in [-0.25, -0.2) is 0 Å². The Morgan fingerprint density at radius 1 is 0.893 bits per heavy atom. The van der Waals surface area contributed by atoms with Crippen molar-refractivity contribution in [2.45, 2.75) is 13.0 Å². The summed E-state index contributed by atoms with van der Waals surface area (Å²) in [6.45, 7) is 5.27. The lowest BCUT2D eigenvalue weighted by Gasteiger charge is -2.36. The number of para-hydroxylation sites is 1. The maximum atomic E-state index is 12.1. The van der Waals surface area contributed by atoms with Gasteiger partial charge in [0, 0.05) is 51.4 Å². The molecule has 3 rings (SSSR count). The van der Waals surface area contributed by atoms with Gasteiger partial charge >= 0.3 is 0 Å². The quantitative estimate of drug-likeness (QED) is 0.511. The van der Waals surface area contributed by atoms with Gasteiger partial charge in [-0.3, -0.25) is 20.5 Å². The van der Waals surface area contributed by atoms with E-state index in [2.05, 4.69) is 50.2 Å². The predicted molar refractivity (Wildman–Crippen MR) is 117 cm³/mol. The van der Waals surface area contributed by atoms with Crippen LogP contribution in [0.2, 0.25) is 0 Å². The molecule has 0 unspecified atom stereocenters. The summed E-state index contributed by atoms with van der Waals surface area (Å²) in [6.07, 6.45) is 0.444. The Balaban J connectivity index is 1.28. The fraction of sp³-hybridized carbons (Fsp3) is 0.333. The fourth-order valence-corrected chi connectivity index (χ4v) is 3.26. The number of carbonyl (C=O) groups is 1. The van der Waals surface area contributed by atoms with Crippen molar-refractivity contribution in [3.8, 4) is 0 Å². The normalized spacial score (nSPS) is 14.4. The Bertz CT molecular complexity index is 748. The van der Waals surface area contributed by atoms with Crippen LogP contribution in [-0.2, 0) is 11.3 Å². The summed E-state index contributed by atoms with van der Waals surface area (Å²) < 4.78 is 0. The second-order valence-electron chi connectivity index (χ2n) is 6.76. The second-order valence-corrected chi connectivity index (χ2v) is 7.16. The zero-order valence-electron chi connectivity index (χ0n) is 15.9. The largest absolute Gasteiger partial charge is 0.369 e. The molecule has 1 aliphatic rings. The molecule has 3 N–H and O–H groups in total. The molecule has 0 saturated carbocycles. The Morgan fingerprint density at radius 3 is 2.21 bits per heavy atom. The molecule has 28 heavy (non-hydrogen) atoms. The van der Waals surface area contributed by atoms with E-state index in [1.54, 1.807) is 0 Å². The third-order valence-corrected chi connectivity index (χ3v) is 5.01. The smallest absolute Gasteiger partial charge is 0.239 e. The summed E-state index contributed by atoms with van der Waals surface area (Å²) in [5.41, 5.74) is 7.82. The third kappa shape index (κ3) is 6.51. The lowest BCUT2D eigenvalue weighted by molar-refractivity contribution is -0.122. The van der Waals surface area contributed by atoms with Gasteiger partial charge in [-0.1, -0.05) is 48.5 Å². The van der Waals surface area contributed by atoms with Gasteiger partial charge in [0.15, 0.2) is 5.11 Å². The minimum absolute atomic E-state index is 0.0608.